The summed E-state index contributed by atoms with van der Waals surface area (Å²) in [5.41, 5.74) is 0.633. The van der Waals surface area contributed by atoms with Gasteiger partial charge in [-0.25, -0.2) is 4.79 Å². The number of anilines is 1. The van der Waals surface area contributed by atoms with Gasteiger partial charge in [-0.05, 0) is 44.3 Å². The van der Waals surface area contributed by atoms with Crippen LogP contribution in [0.1, 0.15) is 24.2 Å². The monoisotopic (exact) mass is 272 g/mol. The summed E-state index contributed by atoms with van der Waals surface area (Å²) >= 11 is 11.0. The van der Waals surface area contributed by atoms with Crippen molar-refractivity contribution >= 4 is 40.6 Å². The van der Waals surface area contributed by atoms with Gasteiger partial charge < -0.3 is 15.7 Å². The normalized spacial score (nSPS) is 10.1. The quantitative estimate of drug-likeness (QED) is 0.739. The highest BCUT2D eigenvalue weighted by atomic mass is 35.5. The first-order chi connectivity index (χ1) is 7.90. The van der Waals surface area contributed by atoms with E-state index in [9.17, 15) is 4.79 Å². The maximum atomic E-state index is 10.8. The largest absolute Gasteiger partial charge is 0.478 e. The van der Waals surface area contributed by atoms with Gasteiger partial charge in [0.25, 0.3) is 0 Å². The van der Waals surface area contributed by atoms with E-state index in [1.807, 2.05) is 13.8 Å². The molecule has 0 spiro atoms. The molecule has 0 aromatic heterocycles. The van der Waals surface area contributed by atoms with Gasteiger partial charge in [0.15, 0.2) is 5.11 Å². The van der Waals surface area contributed by atoms with Crippen LogP contribution in [0.15, 0.2) is 18.2 Å². The number of carboxylic acid groups (broad SMARTS) is 1. The maximum Gasteiger partial charge on any atom is 0.335 e. The van der Waals surface area contributed by atoms with Crippen molar-refractivity contribution in [2.24, 2.45) is 0 Å². The Bertz CT molecular complexity index is 449. The lowest BCUT2D eigenvalue weighted by Gasteiger charge is -2.14. The van der Waals surface area contributed by atoms with Crippen molar-refractivity contribution in [3.8, 4) is 0 Å². The van der Waals surface area contributed by atoms with Crippen LogP contribution in [0, 0.1) is 0 Å². The molecule has 0 saturated heterocycles. The molecule has 0 atom stereocenters. The van der Waals surface area contributed by atoms with Crippen LogP contribution >= 0.6 is 23.8 Å². The van der Waals surface area contributed by atoms with Crippen molar-refractivity contribution in [2.45, 2.75) is 19.9 Å². The molecule has 0 radical (unpaired) electrons. The van der Waals surface area contributed by atoms with Crippen molar-refractivity contribution in [3.05, 3.63) is 28.8 Å². The third-order valence-electron chi connectivity index (χ3n) is 1.88. The fourth-order valence-corrected chi connectivity index (χ4v) is 1.69. The molecule has 0 fully saturated rings. The first kappa shape index (κ1) is 13.7. The summed E-state index contributed by atoms with van der Waals surface area (Å²) in [7, 11) is 0. The number of thiocarbonyl (C=S) groups is 1. The summed E-state index contributed by atoms with van der Waals surface area (Å²) in [5, 5.41) is 15.5. The van der Waals surface area contributed by atoms with E-state index >= 15 is 0 Å². The molecular weight excluding hydrogens is 260 g/mol. The zero-order valence-electron chi connectivity index (χ0n) is 9.45. The first-order valence-electron chi connectivity index (χ1n) is 5.00. The van der Waals surface area contributed by atoms with Crippen molar-refractivity contribution in [1.29, 1.82) is 0 Å². The Kier molecular flexibility index (Phi) is 4.72. The van der Waals surface area contributed by atoms with Crippen molar-refractivity contribution < 1.29 is 9.90 Å². The summed E-state index contributed by atoms with van der Waals surface area (Å²) in [6, 6.07) is 4.59. The summed E-state index contributed by atoms with van der Waals surface area (Å²) in [6.45, 7) is 3.90. The molecule has 1 aromatic carbocycles. The third-order valence-corrected chi connectivity index (χ3v) is 2.43. The molecule has 0 aliphatic heterocycles. The van der Waals surface area contributed by atoms with Gasteiger partial charge in [0.05, 0.1) is 16.3 Å². The SMILES string of the molecule is CC(C)NC(=S)Nc1cc(C(=O)O)ccc1Cl. The molecule has 92 valence electrons. The second kappa shape index (κ2) is 5.84. The summed E-state index contributed by atoms with van der Waals surface area (Å²) in [4.78, 5) is 10.8. The van der Waals surface area contributed by atoms with Gasteiger partial charge >= 0.3 is 5.97 Å². The fraction of sp³-hybridized carbons (Fsp3) is 0.273. The highest BCUT2D eigenvalue weighted by Gasteiger charge is 2.08. The third kappa shape index (κ3) is 4.20. The molecule has 6 heteroatoms. The lowest BCUT2D eigenvalue weighted by Crippen LogP contribution is -2.34. The molecule has 0 aliphatic carbocycles. The van der Waals surface area contributed by atoms with Crippen LogP contribution in [0.5, 0.6) is 0 Å². The Morgan fingerprint density at radius 3 is 2.65 bits per heavy atom. The Morgan fingerprint density at radius 1 is 1.47 bits per heavy atom. The number of nitrogens with one attached hydrogen (secondary N) is 2. The van der Waals surface area contributed by atoms with Crippen LogP contribution in [0.4, 0.5) is 5.69 Å². The highest BCUT2D eigenvalue weighted by molar-refractivity contribution is 7.80. The molecule has 0 amide bonds. The topological polar surface area (TPSA) is 61.4 Å². The van der Waals surface area contributed by atoms with Gasteiger partial charge in [0.1, 0.15) is 0 Å². The van der Waals surface area contributed by atoms with Crippen LogP contribution in [0.25, 0.3) is 0 Å². The van der Waals surface area contributed by atoms with E-state index < -0.39 is 5.97 Å². The average molecular weight is 273 g/mol. The maximum absolute atomic E-state index is 10.8. The van der Waals surface area contributed by atoms with Crippen LogP contribution in [-0.2, 0) is 0 Å². The minimum absolute atomic E-state index is 0.157. The molecule has 3 N–H and O–H groups in total. The van der Waals surface area contributed by atoms with E-state index in [0.29, 0.717) is 15.8 Å². The van der Waals surface area contributed by atoms with E-state index in [4.69, 9.17) is 28.9 Å². The molecule has 0 saturated carbocycles. The van der Waals surface area contributed by atoms with E-state index in [-0.39, 0.29) is 11.6 Å². The second-order valence-electron chi connectivity index (χ2n) is 3.75. The number of aromatic carboxylic acids is 1. The standard InChI is InChI=1S/C11H13ClN2O2S/c1-6(2)13-11(17)14-9-5-7(10(15)16)3-4-8(9)12/h3-6H,1-2H3,(H,15,16)(H2,13,14,17). The van der Waals surface area contributed by atoms with E-state index in [1.54, 1.807) is 0 Å². The summed E-state index contributed by atoms with van der Waals surface area (Å²) < 4.78 is 0. The minimum atomic E-state index is -1.01. The van der Waals surface area contributed by atoms with Crippen LogP contribution in [0.3, 0.4) is 0 Å². The number of halogens is 1. The number of carboxylic acids is 1. The van der Waals surface area contributed by atoms with Gasteiger partial charge in [-0.1, -0.05) is 11.6 Å². The van der Waals surface area contributed by atoms with E-state index in [0.717, 1.165) is 0 Å². The van der Waals surface area contributed by atoms with Gasteiger partial charge in [0, 0.05) is 6.04 Å². The number of hydrogen-bond acceptors (Lipinski definition) is 2. The number of carbonyl (C=O) groups is 1. The zero-order chi connectivity index (χ0) is 13.0. The lowest BCUT2D eigenvalue weighted by atomic mass is 10.2. The number of benzene rings is 1. The number of hydrogen-bond donors (Lipinski definition) is 3. The van der Waals surface area contributed by atoms with Crippen molar-refractivity contribution in [1.82, 2.24) is 5.32 Å². The fourth-order valence-electron chi connectivity index (χ4n) is 1.17. The Labute approximate surface area is 110 Å². The van der Waals surface area contributed by atoms with Gasteiger partial charge in [-0.3, -0.25) is 0 Å². The predicted molar refractivity (Wildman–Crippen MR) is 72.9 cm³/mol. The van der Waals surface area contributed by atoms with Gasteiger partial charge in [0.2, 0.25) is 0 Å². The van der Waals surface area contributed by atoms with Crippen LogP contribution in [0.2, 0.25) is 5.02 Å². The predicted octanol–water partition coefficient (Wildman–Crippen LogP) is 2.73. The van der Waals surface area contributed by atoms with Crippen LogP contribution in [-0.4, -0.2) is 22.2 Å². The summed E-state index contributed by atoms with van der Waals surface area (Å²) in [5.74, 6) is -1.01. The highest BCUT2D eigenvalue weighted by Crippen LogP contribution is 2.23. The Hall–Kier alpha value is -1.33. The molecule has 0 bridgehead atoms. The van der Waals surface area contributed by atoms with Crippen molar-refractivity contribution in [2.75, 3.05) is 5.32 Å². The first-order valence-corrected chi connectivity index (χ1v) is 5.79. The van der Waals surface area contributed by atoms with E-state index in [1.165, 1.54) is 18.2 Å². The lowest BCUT2D eigenvalue weighted by molar-refractivity contribution is 0.0697. The Morgan fingerprint density at radius 2 is 2.12 bits per heavy atom. The molecule has 17 heavy (non-hydrogen) atoms. The number of rotatable bonds is 3. The molecular formula is C11H13ClN2O2S. The van der Waals surface area contributed by atoms with Gasteiger partial charge in [-0.2, -0.15) is 0 Å². The Balaban J connectivity index is 2.86. The second-order valence-corrected chi connectivity index (χ2v) is 4.57. The molecule has 1 aromatic rings. The van der Waals surface area contributed by atoms with Crippen LogP contribution < -0.4 is 10.6 Å². The van der Waals surface area contributed by atoms with E-state index in [2.05, 4.69) is 10.6 Å². The minimum Gasteiger partial charge on any atom is -0.478 e. The molecule has 0 heterocycles. The van der Waals surface area contributed by atoms with Crippen molar-refractivity contribution in [3.63, 3.8) is 0 Å². The smallest absolute Gasteiger partial charge is 0.335 e. The zero-order valence-corrected chi connectivity index (χ0v) is 11.0. The summed E-state index contributed by atoms with van der Waals surface area (Å²) in [6.07, 6.45) is 0. The molecule has 0 aliphatic rings. The average Bonchev–Trinajstić information content (AvgIpc) is 2.19. The molecule has 0 unspecified atom stereocenters. The van der Waals surface area contributed by atoms with Gasteiger partial charge in [-0.15, -0.1) is 0 Å². The molecule has 4 nitrogen and oxygen atoms in total. The molecule has 1 rings (SSSR count).